The number of hydrogen-bond donors (Lipinski definition) is 0. The molecule has 6 nitrogen and oxygen atoms in total. The zero-order chi connectivity index (χ0) is 24.8. The second-order valence-corrected chi connectivity index (χ2v) is 8.51. The number of anilines is 2. The molecule has 1 aromatic heterocycles. The third-order valence-electron chi connectivity index (χ3n) is 6.51. The van der Waals surface area contributed by atoms with E-state index in [2.05, 4.69) is 79.2 Å². The Kier molecular flexibility index (Phi) is 7.70. The van der Waals surface area contributed by atoms with Crippen LogP contribution < -0.4 is 19.4 Å². The van der Waals surface area contributed by atoms with E-state index in [-0.39, 0.29) is 12.0 Å². The summed E-state index contributed by atoms with van der Waals surface area (Å²) >= 11 is 0. The van der Waals surface area contributed by atoms with Gasteiger partial charge in [-0.3, -0.25) is 0 Å². The smallest absolute Gasteiger partial charge is 0.214 e. The third-order valence-corrected chi connectivity index (χ3v) is 6.51. The van der Waals surface area contributed by atoms with E-state index in [4.69, 9.17) is 14.6 Å². The summed E-state index contributed by atoms with van der Waals surface area (Å²) in [6, 6.07) is 22.6. The van der Waals surface area contributed by atoms with Crippen LogP contribution in [-0.4, -0.2) is 38.0 Å². The van der Waals surface area contributed by atoms with Gasteiger partial charge >= 0.3 is 0 Å². The van der Waals surface area contributed by atoms with Gasteiger partial charge in [0, 0.05) is 30.8 Å². The molecule has 1 aliphatic rings. The number of hydrogen-bond acceptors (Lipinski definition) is 6. The molecule has 182 valence electrons. The van der Waals surface area contributed by atoms with E-state index in [1.165, 1.54) is 5.69 Å². The minimum absolute atomic E-state index is 0.00482. The third kappa shape index (κ3) is 5.32. The summed E-state index contributed by atoms with van der Waals surface area (Å²) in [4.78, 5) is 7.00. The fourth-order valence-electron chi connectivity index (χ4n) is 4.47. The predicted molar refractivity (Wildman–Crippen MR) is 145 cm³/mol. The normalized spacial score (nSPS) is 17.5. The first-order chi connectivity index (χ1) is 17.1. The van der Waals surface area contributed by atoms with Gasteiger partial charge in [-0.2, -0.15) is 10.1 Å². The first kappa shape index (κ1) is 24.3. The van der Waals surface area contributed by atoms with Gasteiger partial charge in [-0.1, -0.05) is 43.3 Å². The highest BCUT2D eigenvalue weighted by Gasteiger charge is 2.36. The molecule has 0 saturated carbocycles. The lowest BCUT2D eigenvalue weighted by Gasteiger charge is -2.26. The van der Waals surface area contributed by atoms with Crippen LogP contribution in [0, 0.1) is 5.92 Å². The summed E-state index contributed by atoms with van der Waals surface area (Å²) in [5.41, 5.74) is 4.55. The lowest BCUT2D eigenvalue weighted by Crippen LogP contribution is -2.24. The fraction of sp³-hybridized carbons (Fsp3) is 0.310. The maximum Gasteiger partial charge on any atom is 0.214 e. The fourth-order valence-corrected chi connectivity index (χ4v) is 4.47. The molecule has 0 amide bonds. The number of hydrazone groups is 1. The molecule has 6 heteroatoms. The number of ether oxygens (including phenoxy) is 2. The Labute approximate surface area is 208 Å². The Morgan fingerprint density at radius 2 is 1.60 bits per heavy atom. The Morgan fingerprint density at radius 3 is 2.23 bits per heavy atom. The number of benzene rings is 2. The summed E-state index contributed by atoms with van der Waals surface area (Å²) < 4.78 is 10.7. The standard InChI is InChI=1S/C29H34N4O2/c1-6-32(7-2)24-16-11-22(12-17-24)13-20-26-21(3)29(23-14-18-25(34-4)19-15-23)33(31-26)27-9-8-10-28(30-27)35-5/h8-21,29H,6-7H2,1-5H3. The molecule has 2 heterocycles. The molecule has 35 heavy (non-hydrogen) atoms. The minimum atomic E-state index is 0.00482. The Balaban J connectivity index is 1.64. The summed E-state index contributed by atoms with van der Waals surface area (Å²) in [6.45, 7) is 8.57. The summed E-state index contributed by atoms with van der Waals surface area (Å²) in [6.07, 6.45) is 4.25. The van der Waals surface area contributed by atoms with Gasteiger partial charge in [0.15, 0.2) is 5.82 Å². The molecular weight excluding hydrogens is 436 g/mol. The number of nitrogens with zero attached hydrogens (tertiary/aromatic N) is 4. The minimum Gasteiger partial charge on any atom is -0.497 e. The molecule has 2 aromatic carbocycles. The van der Waals surface area contributed by atoms with Crippen molar-refractivity contribution >= 4 is 23.3 Å². The van der Waals surface area contributed by atoms with Crippen molar-refractivity contribution in [2.45, 2.75) is 26.8 Å². The molecule has 0 aliphatic carbocycles. The van der Waals surface area contributed by atoms with E-state index >= 15 is 0 Å². The van der Waals surface area contributed by atoms with Gasteiger partial charge in [-0.05, 0) is 61.4 Å². The molecule has 0 N–H and O–H groups in total. The molecule has 0 fully saturated rings. The predicted octanol–water partition coefficient (Wildman–Crippen LogP) is 6.21. The maximum atomic E-state index is 5.37. The van der Waals surface area contributed by atoms with Gasteiger partial charge in [-0.15, -0.1) is 0 Å². The van der Waals surface area contributed by atoms with Crippen LogP contribution >= 0.6 is 0 Å². The highest BCUT2D eigenvalue weighted by Crippen LogP contribution is 2.39. The monoisotopic (exact) mass is 470 g/mol. The van der Waals surface area contributed by atoms with Crippen LogP contribution in [0.4, 0.5) is 11.5 Å². The van der Waals surface area contributed by atoms with E-state index in [0.29, 0.717) is 5.88 Å². The quantitative estimate of drug-likeness (QED) is 0.372. The van der Waals surface area contributed by atoms with Crippen LogP contribution in [-0.2, 0) is 0 Å². The Hall–Kier alpha value is -3.80. The van der Waals surface area contributed by atoms with Crippen LogP contribution in [0.3, 0.4) is 0 Å². The van der Waals surface area contributed by atoms with Crippen LogP contribution in [0.5, 0.6) is 11.6 Å². The van der Waals surface area contributed by atoms with Gasteiger partial charge in [0.1, 0.15) is 5.75 Å². The maximum absolute atomic E-state index is 5.37. The number of allylic oxidation sites excluding steroid dienone is 1. The first-order valence-electron chi connectivity index (χ1n) is 12.1. The molecule has 4 rings (SSSR count). The van der Waals surface area contributed by atoms with Crippen molar-refractivity contribution in [3.63, 3.8) is 0 Å². The van der Waals surface area contributed by atoms with Crippen molar-refractivity contribution in [1.82, 2.24) is 4.98 Å². The van der Waals surface area contributed by atoms with E-state index in [9.17, 15) is 0 Å². The molecule has 3 aromatic rings. The zero-order valence-corrected chi connectivity index (χ0v) is 21.2. The average molecular weight is 471 g/mol. The Morgan fingerprint density at radius 1 is 0.886 bits per heavy atom. The Bertz CT molecular complexity index is 1170. The summed E-state index contributed by atoms with van der Waals surface area (Å²) in [7, 11) is 3.31. The van der Waals surface area contributed by atoms with E-state index in [0.717, 1.165) is 41.5 Å². The number of methoxy groups -OCH3 is 2. The van der Waals surface area contributed by atoms with Crippen molar-refractivity contribution in [3.05, 3.63) is 83.9 Å². The van der Waals surface area contributed by atoms with Crippen LogP contribution in [0.15, 0.2) is 77.9 Å². The summed E-state index contributed by atoms with van der Waals surface area (Å²) in [5.74, 6) is 2.31. The highest BCUT2D eigenvalue weighted by atomic mass is 16.5. The highest BCUT2D eigenvalue weighted by molar-refractivity contribution is 6.02. The topological polar surface area (TPSA) is 50.2 Å². The van der Waals surface area contributed by atoms with E-state index in [1.54, 1.807) is 14.2 Å². The molecule has 2 unspecified atom stereocenters. The first-order valence-corrected chi connectivity index (χ1v) is 12.1. The second kappa shape index (κ2) is 11.1. The molecule has 0 saturated heterocycles. The van der Waals surface area contributed by atoms with E-state index < -0.39 is 0 Å². The second-order valence-electron chi connectivity index (χ2n) is 8.51. The molecule has 0 spiro atoms. The summed E-state index contributed by atoms with van der Waals surface area (Å²) in [5, 5.41) is 7.01. The van der Waals surface area contributed by atoms with Gasteiger partial charge in [-0.25, -0.2) is 5.01 Å². The van der Waals surface area contributed by atoms with Crippen LogP contribution in [0.1, 0.15) is 37.9 Å². The molecule has 2 atom stereocenters. The SMILES string of the molecule is CCN(CC)c1ccc(C=CC2=NN(c3cccc(OC)n3)C(c3ccc(OC)cc3)C2C)cc1. The van der Waals surface area contributed by atoms with E-state index in [1.807, 2.05) is 35.3 Å². The number of rotatable bonds is 9. The van der Waals surface area contributed by atoms with Crippen molar-refractivity contribution in [1.29, 1.82) is 0 Å². The van der Waals surface area contributed by atoms with Crippen LogP contribution in [0.25, 0.3) is 6.08 Å². The van der Waals surface area contributed by atoms with Gasteiger partial charge in [0.25, 0.3) is 0 Å². The molecule has 0 bridgehead atoms. The van der Waals surface area contributed by atoms with Crippen molar-refractivity contribution in [2.24, 2.45) is 11.0 Å². The molecule has 0 radical (unpaired) electrons. The van der Waals surface area contributed by atoms with Gasteiger partial charge in [0.2, 0.25) is 5.88 Å². The lowest BCUT2D eigenvalue weighted by molar-refractivity contribution is 0.397. The number of pyridine rings is 1. The van der Waals surface area contributed by atoms with Crippen molar-refractivity contribution in [3.8, 4) is 11.6 Å². The molecular formula is C29H34N4O2. The average Bonchev–Trinajstić information content (AvgIpc) is 3.25. The number of aromatic nitrogens is 1. The van der Waals surface area contributed by atoms with Gasteiger partial charge in [0.05, 0.1) is 26.0 Å². The van der Waals surface area contributed by atoms with Crippen molar-refractivity contribution < 1.29 is 9.47 Å². The van der Waals surface area contributed by atoms with Gasteiger partial charge < -0.3 is 14.4 Å². The molecule has 1 aliphatic heterocycles. The largest absolute Gasteiger partial charge is 0.497 e. The lowest BCUT2D eigenvalue weighted by atomic mass is 9.91. The zero-order valence-electron chi connectivity index (χ0n) is 21.2. The van der Waals surface area contributed by atoms with Crippen molar-refractivity contribution in [2.75, 3.05) is 37.2 Å². The van der Waals surface area contributed by atoms with Crippen LogP contribution in [0.2, 0.25) is 0 Å².